The Morgan fingerprint density at radius 3 is 2.33 bits per heavy atom. The van der Waals surface area contributed by atoms with E-state index in [1.54, 1.807) is 12.1 Å². The van der Waals surface area contributed by atoms with Crippen LogP contribution < -0.4 is 0 Å². The molecule has 0 aliphatic carbocycles. The molecule has 0 amide bonds. The van der Waals surface area contributed by atoms with Crippen molar-refractivity contribution in [3.63, 3.8) is 0 Å². The van der Waals surface area contributed by atoms with Crippen LogP contribution in [0.25, 0.3) is 11.6 Å². The van der Waals surface area contributed by atoms with Gasteiger partial charge in [-0.2, -0.15) is 0 Å². The maximum atomic E-state index is 10.9. The van der Waals surface area contributed by atoms with Crippen LogP contribution >= 0.6 is 0 Å². The highest BCUT2D eigenvalue weighted by Crippen LogP contribution is 2.31. The molecular formula is C26H27NO6. The van der Waals surface area contributed by atoms with Gasteiger partial charge in [0.05, 0.1) is 17.1 Å². The number of hydrogen-bond acceptors (Lipinski definition) is 6. The Labute approximate surface area is 192 Å². The first-order valence-electron chi connectivity index (χ1n) is 10.6. The third kappa shape index (κ3) is 6.26. The molecule has 0 unspecified atom stereocenters. The summed E-state index contributed by atoms with van der Waals surface area (Å²) in [4.78, 5) is 10.4. The first-order chi connectivity index (χ1) is 15.9. The molecule has 3 aromatic rings. The summed E-state index contributed by atoms with van der Waals surface area (Å²) in [5.74, 6) is 0.401. The Balaban J connectivity index is 1.75. The average Bonchev–Trinajstić information content (AvgIpc) is 3.30. The van der Waals surface area contributed by atoms with Gasteiger partial charge in [-0.1, -0.05) is 36.4 Å². The number of allylic oxidation sites excluding steroid dienone is 1. The highest BCUT2D eigenvalue weighted by molar-refractivity contribution is 5.80. The van der Waals surface area contributed by atoms with Gasteiger partial charge in [0.15, 0.2) is 0 Å². The molecule has 0 spiro atoms. The molecule has 2 aromatic carbocycles. The van der Waals surface area contributed by atoms with Crippen molar-refractivity contribution in [3.05, 3.63) is 112 Å². The fourth-order valence-electron chi connectivity index (χ4n) is 3.69. The fourth-order valence-corrected chi connectivity index (χ4v) is 3.69. The third-order valence-corrected chi connectivity index (χ3v) is 5.54. The number of aliphatic hydroxyl groups is 3. The third-order valence-electron chi connectivity index (χ3n) is 5.54. The van der Waals surface area contributed by atoms with Crippen LogP contribution in [-0.4, -0.2) is 26.3 Å². The average molecular weight is 450 g/mol. The predicted octanol–water partition coefficient (Wildman–Crippen LogP) is 4.90. The maximum absolute atomic E-state index is 10.9. The van der Waals surface area contributed by atoms with E-state index in [-0.39, 0.29) is 12.3 Å². The van der Waals surface area contributed by atoms with E-state index in [2.05, 4.69) is 6.58 Å². The molecular weight excluding hydrogens is 422 g/mol. The molecule has 0 aliphatic heterocycles. The number of furan rings is 1. The van der Waals surface area contributed by atoms with Gasteiger partial charge in [0.2, 0.25) is 0 Å². The zero-order valence-corrected chi connectivity index (χ0v) is 18.1. The molecule has 3 atom stereocenters. The lowest BCUT2D eigenvalue weighted by Gasteiger charge is -2.25. The Morgan fingerprint density at radius 1 is 1.06 bits per heavy atom. The number of benzene rings is 2. The summed E-state index contributed by atoms with van der Waals surface area (Å²) < 4.78 is 5.59. The van der Waals surface area contributed by atoms with Crippen LogP contribution in [0.4, 0.5) is 5.69 Å². The van der Waals surface area contributed by atoms with Crippen molar-refractivity contribution in [1.82, 2.24) is 0 Å². The molecule has 0 fully saturated rings. The Hall–Kier alpha value is -3.52. The first-order valence-corrected chi connectivity index (χ1v) is 10.6. The molecule has 0 saturated heterocycles. The van der Waals surface area contributed by atoms with Crippen LogP contribution in [0, 0.1) is 16.0 Å². The normalized spacial score (nSPS) is 14.5. The predicted molar refractivity (Wildman–Crippen MR) is 126 cm³/mol. The van der Waals surface area contributed by atoms with E-state index in [1.165, 1.54) is 30.3 Å². The largest absolute Gasteiger partial charge is 0.459 e. The van der Waals surface area contributed by atoms with Gasteiger partial charge in [-0.3, -0.25) is 10.1 Å². The Morgan fingerprint density at radius 2 is 1.76 bits per heavy atom. The summed E-state index contributed by atoms with van der Waals surface area (Å²) in [6.07, 6.45) is 2.26. The standard InChI is InChI=1S/C26H27NO6/c1-2-24(26(30)19-8-11-21(12-9-19)27(31)32)25(29)15-10-20(18-6-4-3-5-7-18)16-22-13-14-23(17-28)33-22/h2-9,11-14,16,24-26,28-30H,1,10,15,17H2/b20-16-/t24-,25-,26-/m1/s1. The molecule has 1 aromatic heterocycles. The van der Waals surface area contributed by atoms with Crippen LogP contribution in [0.2, 0.25) is 0 Å². The van der Waals surface area contributed by atoms with E-state index >= 15 is 0 Å². The summed E-state index contributed by atoms with van der Waals surface area (Å²) >= 11 is 0. The molecule has 3 rings (SSSR count). The van der Waals surface area contributed by atoms with E-state index in [1.807, 2.05) is 36.4 Å². The second kappa shape index (κ2) is 11.4. The summed E-state index contributed by atoms with van der Waals surface area (Å²) in [7, 11) is 0. The van der Waals surface area contributed by atoms with Crippen LogP contribution in [0.5, 0.6) is 0 Å². The lowest BCUT2D eigenvalue weighted by Crippen LogP contribution is -2.25. The van der Waals surface area contributed by atoms with Gasteiger partial charge < -0.3 is 19.7 Å². The van der Waals surface area contributed by atoms with Gasteiger partial charge in [0, 0.05) is 18.1 Å². The quantitative estimate of drug-likeness (QED) is 0.218. The molecule has 0 saturated carbocycles. The van der Waals surface area contributed by atoms with Crippen molar-refractivity contribution in [2.45, 2.75) is 31.7 Å². The van der Waals surface area contributed by atoms with Gasteiger partial charge in [-0.15, -0.1) is 6.58 Å². The molecule has 0 radical (unpaired) electrons. The van der Waals surface area contributed by atoms with Crippen molar-refractivity contribution in [1.29, 1.82) is 0 Å². The number of rotatable bonds is 11. The minimum atomic E-state index is -1.06. The van der Waals surface area contributed by atoms with Gasteiger partial charge in [0.1, 0.15) is 18.1 Å². The molecule has 0 aliphatic rings. The topological polar surface area (TPSA) is 117 Å². The molecule has 172 valence electrons. The second-order valence-electron chi connectivity index (χ2n) is 7.71. The minimum Gasteiger partial charge on any atom is -0.459 e. The van der Waals surface area contributed by atoms with Crippen molar-refractivity contribution >= 4 is 17.3 Å². The van der Waals surface area contributed by atoms with Crippen LogP contribution in [0.3, 0.4) is 0 Å². The van der Waals surface area contributed by atoms with Crippen molar-refractivity contribution in [3.8, 4) is 0 Å². The second-order valence-corrected chi connectivity index (χ2v) is 7.71. The van der Waals surface area contributed by atoms with E-state index in [0.717, 1.165) is 11.1 Å². The Bertz CT molecular complexity index is 1090. The molecule has 0 bridgehead atoms. The van der Waals surface area contributed by atoms with Crippen molar-refractivity contribution in [2.24, 2.45) is 5.92 Å². The monoisotopic (exact) mass is 449 g/mol. The van der Waals surface area contributed by atoms with Crippen molar-refractivity contribution in [2.75, 3.05) is 0 Å². The first kappa shape index (κ1) is 24.1. The van der Waals surface area contributed by atoms with E-state index in [4.69, 9.17) is 4.42 Å². The minimum absolute atomic E-state index is 0.0680. The number of nitro benzene ring substituents is 1. The lowest BCUT2D eigenvalue weighted by molar-refractivity contribution is -0.384. The summed E-state index contributed by atoms with van der Waals surface area (Å²) in [6, 6.07) is 18.8. The number of nitrogens with zero attached hydrogens (tertiary/aromatic N) is 1. The highest BCUT2D eigenvalue weighted by atomic mass is 16.6. The number of non-ortho nitro benzene ring substituents is 1. The van der Waals surface area contributed by atoms with Gasteiger partial charge in [-0.25, -0.2) is 0 Å². The SMILES string of the molecule is C=C[C@H]([C@H](O)CC/C(=C/c1ccc(CO)o1)c1ccccc1)[C@H](O)c1ccc([N+](=O)[O-])cc1. The molecule has 3 N–H and O–H groups in total. The van der Waals surface area contributed by atoms with Crippen LogP contribution in [0.1, 0.15) is 41.6 Å². The van der Waals surface area contributed by atoms with Crippen LogP contribution in [0.15, 0.2) is 83.8 Å². The zero-order valence-electron chi connectivity index (χ0n) is 18.1. The van der Waals surface area contributed by atoms with E-state index in [0.29, 0.717) is 29.9 Å². The summed E-state index contributed by atoms with van der Waals surface area (Å²) in [6.45, 7) is 3.57. The summed E-state index contributed by atoms with van der Waals surface area (Å²) in [5, 5.41) is 41.7. The van der Waals surface area contributed by atoms with Gasteiger partial charge >= 0.3 is 0 Å². The lowest BCUT2D eigenvalue weighted by atomic mass is 9.87. The highest BCUT2D eigenvalue weighted by Gasteiger charge is 2.26. The van der Waals surface area contributed by atoms with Crippen LogP contribution in [-0.2, 0) is 6.61 Å². The number of nitro groups is 1. The molecule has 7 nitrogen and oxygen atoms in total. The van der Waals surface area contributed by atoms with Crippen molar-refractivity contribution < 1.29 is 24.7 Å². The summed E-state index contributed by atoms with van der Waals surface area (Å²) in [5.41, 5.74) is 2.30. The smallest absolute Gasteiger partial charge is 0.269 e. The van der Waals surface area contributed by atoms with E-state index in [9.17, 15) is 25.4 Å². The maximum Gasteiger partial charge on any atom is 0.269 e. The van der Waals surface area contributed by atoms with Gasteiger partial charge in [0.25, 0.3) is 5.69 Å². The molecule has 7 heteroatoms. The number of aliphatic hydroxyl groups excluding tert-OH is 3. The van der Waals surface area contributed by atoms with Gasteiger partial charge in [-0.05, 0) is 59.9 Å². The van der Waals surface area contributed by atoms with E-state index < -0.39 is 23.0 Å². The Kier molecular flexibility index (Phi) is 8.32. The zero-order chi connectivity index (χ0) is 23.8. The number of hydrogen-bond donors (Lipinski definition) is 3. The molecule has 33 heavy (non-hydrogen) atoms. The fraction of sp³-hybridized carbons (Fsp3) is 0.231. The molecule has 1 heterocycles.